The Hall–Kier alpha value is -0.950. The van der Waals surface area contributed by atoms with E-state index in [0.29, 0.717) is 10.9 Å². The fraction of sp³-hybridized carbons (Fsp3) is 0.125. The molecule has 1 aromatic rings. The van der Waals surface area contributed by atoms with Crippen molar-refractivity contribution in [3.8, 4) is 6.07 Å². The number of benzene rings is 1. The Kier molecular flexibility index (Phi) is 2.77. The van der Waals surface area contributed by atoms with Crippen molar-refractivity contribution in [1.82, 2.24) is 0 Å². The van der Waals surface area contributed by atoms with Crippen LogP contribution < -0.4 is 0 Å². The van der Waals surface area contributed by atoms with Gasteiger partial charge in [-0.2, -0.15) is 5.26 Å². The molecule has 0 amide bonds. The van der Waals surface area contributed by atoms with E-state index >= 15 is 0 Å². The van der Waals surface area contributed by atoms with Crippen LogP contribution in [0.25, 0.3) is 0 Å². The van der Waals surface area contributed by atoms with Gasteiger partial charge < -0.3 is 0 Å². The van der Waals surface area contributed by atoms with E-state index in [1.165, 1.54) is 6.07 Å². The summed E-state index contributed by atoms with van der Waals surface area (Å²) in [7, 11) is 0. The second-order valence-corrected chi connectivity index (χ2v) is 2.70. The zero-order valence-electron chi connectivity index (χ0n) is 5.94. The maximum absolute atomic E-state index is 12.8. The van der Waals surface area contributed by atoms with Crippen LogP contribution in [0, 0.1) is 23.0 Å². The van der Waals surface area contributed by atoms with Crippen LogP contribution in [0.5, 0.6) is 0 Å². The molecule has 0 unspecified atom stereocenters. The zero-order chi connectivity index (χ0) is 9.14. The van der Waals surface area contributed by atoms with Crippen molar-refractivity contribution in [2.24, 2.45) is 0 Å². The minimum atomic E-state index is -1.07. The molecule has 0 aliphatic heterocycles. The molecule has 0 spiro atoms. The summed E-state index contributed by atoms with van der Waals surface area (Å²) in [4.78, 5) is 0. The van der Waals surface area contributed by atoms with Crippen LogP contribution >= 0.6 is 15.9 Å². The van der Waals surface area contributed by atoms with Gasteiger partial charge in [0.25, 0.3) is 0 Å². The fourth-order valence-corrected chi connectivity index (χ4v) is 1.29. The van der Waals surface area contributed by atoms with Crippen LogP contribution in [0.15, 0.2) is 12.1 Å². The number of nitriles is 1. The number of nitrogens with zero attached hydrogens (tertiary/aromatic N) is 1. The highest BCUT2D eigenvalue weighted by molar-refractivity contribution is 9.08. The number of hydrogen-bond donors (Lipinski definition) is 0. The Morgan fingerprint density at radius 3 is 2.58 bits per heavy atom. The summed E-state index contributed by atoms with van der Waals surface area (Å²) in [5.41, 5.74) is 0.225. The van der Waals surface area contributed by atoms with E-state index in [1.54, 1.807) is 6.07 Å². The van der Waals surface area contributed by atoms with E-state index in [-0.39, 0.29) is 5.56 Å². The molecular formula is C8H4BrF2N. The van der Waals surface area contributed by atoms with Gasteiger partial charge in [0.05, 0.1) is 5.56 Å². The van der Waals surface area contributed by atoms with Gasteiger partial charge in [-0.25, -0.2) is 8.78 Å². The lowest BCUT2D eigenvalue weighted by Gasteiger charge is -2.00. The molecule has 62 valence electrons. The van der Waals surface area contributed by atoms with Gasteiger partial charge in [-0.05, 0) is 11.6 Å². The van der Waals surface area contributed by atoms with E-state index in [1.807, 2.05) is 0 Å². The summed E-state index contributed by atoms with van der Waals surface area (Å²) in [6.45, 7) is 0. The number of alkyl halides is 1. The van der Waals surface area contributed by atoms with Crippen LogP contribution in [0.4, 0.5) is 8.78 Å². The second-order valence-electron chi connectivity index (χ2n) is 2.14. The third-order valence-electron chi connectivity index (χ3n) is 1.44. The molecule has 1 aromatic carbocycles. The van der Waals surface area contributed by atoms with E-state index in [0.717, 1.165) is 6.07 Å². The Morgan fingerprint density at radius 1 is 1.42 bits per heavy atom. The lowest BCUT2D eigenvalue weighted by Crippen LogP contribution is -1.94. The molecule has 0 saturated heterocycles. The summed E-state index contributed by atoms with van der Waals surface area (Å²) < 4.78 is 25.4. The quantitative estimate of drug-likeness (QED) is 0.683. The van der Waals surface area contributed by atoms with Crippen molar-refractivity contribution in [3.63, 3.8) is 0 Å². The minimum Gasteiger partial charge on any atom is -0.204 e. The van der Waals surface area contributed by atoms with Gasteiger partial charge in [0, 0.05) is 5.33 Å². The lowest BCUT2D eigenvalue weighted by atomic mass is 10.1. The van der Waals surface area contributed by atoms with Gasteiger partial charge in [-0.3, -0.25) is 0 Å². The first-order chi connectivity index (χ1) is 5.70. The topological polar surface area (TPSA) is 23.8 Å². The molecule has 0 aliphatic carbocycles. The van der Waals surface area contributed by atoms with Crippen LogP contribution in [0.1, 0.15) is 11.1 Å². The summed E-state index contributed by atoms with van der Waals surface area (Å²) >= 11 is 3.07. The molecule has 1 rings (SSSR count). The largest absolute Gasteiger partial charge is 0.204 e. The first-order valence-corrected chi connectivity index (χ1v) is 4.25. The molecule has 0 radical (unpaired) electrons. The first-order valence-electron chi connectivity index (χ1n) is 3.13. The smallest absolute Gasteiger partial charge is 0.176 e. The van der Waals surface area contributed by atoms with E-state index in [2.05, 4.69) is 15.9 Å². The molecule has 1 nitrogen and oxygen atoms in total. The summed E-state index contributed by atoms with van der Waals surface area (Å²) in [5, 5.41) is 8.82. The van der Waals surface area contributed by atoms with Gasteiger partial charge in [0.15, 0.2) is 11.6 Å². The maximum Gasteiger partial charge on any atom is 0.176 e. The summed E-state index contributed by atoms with van der Waals surface area (Å²) in [6, 6.07) is 4.00. The van der Waals surface area contributed by atoms with Crippen LogP contribution in [0.3, 0.4) is 0 Å². The lowest BCUT2D eigenvalue weighted by molar-refractivity contribution is 0.505. The number of halogens is 3. The predicted molar refractivity (Wildman–Crippen MR) is 43.7 cm³/mol. The Bertz CT molecular complexity index is 344. The summed E-state index contributed by atoms with van der Waals surface area (Å²) in [6.07, 6.45) is 0. The number of hydrogen-bond acceptors (Lipinski definition) is 1. The predicted octanol–water partition coefficient (Wildman–Crippen LogP) is 2.73. The SMILES string of the molecule is N#Cc1c(CBr)ccc(F)c1F. The monoisotopic (exact) mass is 231 g/mol. The van der Waals surface area contributed by atoms with E-state index < -0.39 is 11.6 Å². The standard InChI is InChI=1S/C8H4BrF2N/c9-3-5-1-2-7(10)8(11)6(5)4-12/h1-2H,3H2. The average Bonchev–Trinajstić information content (AvgIpc) is 2.09. The van der Waals surface area contributed by atoms with Crippen molar-refractivity contribution in [2.45, 2.75) is 5.33 Å². The van der Waals surface area contributed by atoms with Crippen LogP contribution in [0.2, 0.25) is 0 Å². The molecule has 12 heavy (non-hydrogen) atoms. The number of rotatable bonds is 1. The fourth-order valence-electron chi connectivity index (χ4n) is 0.823. The molecule has 0 bridgehead atoms. The zero-order valence-corrected chi connectivity index (χ0v) is 7.53. The van der Waals surface area contributed by atoms with Gasteiger partial charge in [0.1, 0.15) is 6.07 Å². The van der Waals surface area contributed by atoms with Crippen molar-refractivity contribution in [2.75, 3.05) is 0 Å². The minimum absolute atomic E-state index is 0.230. The van der Waals surface area contributed by atoms with Gasteiger partial charge >= 0.3 is 0 Å². The molecule has 4 heteroatoms. The van der Waals surface area contributed by atoms with Crippen LogP contribution in [-0.4, -0.2) is 0 Å². The molecule has 0 aromatic heterocycles. The molecule has 0 saturated carbocycles. The van der Waals surface area contributed by atoms with Crippen LogP contribution in [-0.2, 0) is 5.33 Å². The molecular weight excluding hydrogens is 228 g/mol. The normalized spacial score (nSPS) is 9.50. The summed E-state index contributed by atoms with van der Waals surface area (Å²) in [5.74, 6) is -2.06. The van der Waals surface area contributed by atoms with E-state index in [4.69, 9.17) is 5.26 Å². The Morgan fingerprint density at radius 2 is 2.08 bits per heavy atom. The highest BCUT2D eigenvalue weighted by atomic mass is 79.9. The molecule has 0 fully saturated rings. The molecule has 0 aliphatic rings. The first kappa shape index (κ1) is 9.14. The molecule has 0 atom stereocenters. The Labute approximate surface area is 76.8 Å². The highest BCUT2D eigenvalue weighted by Crippen LogP contribution is 2.17. The van der Waals surface area contributed by atoms with Crippen molar-refractivity contribution >= 4 is 15.9 Å². The average molecular weight is 232 g/mol. The third kappa shape index (κ3) is 1.46. The van der Waals surface area contributed by atoms with Gasteiger partial charge in [-0.15, -0.1) is 0 Å². The molecule has 0 heterocycles. The van der Waals surface area contributed by atoms with Crippen molar-refractivity contribution < 1.29 is 8.78 Å². The second kappa shape index (κ2) is 3.63. The molecule has 0 N–H and O–H groups in total. The van der Waals surface area contributed by atoms with E-state index in [9.17, 15) is 8.78 Å². The highest BCUT2D eigenvalue weighted by Gasteiger charge is 2.11. The van der Waals surface area contributed by atoms with Gasteiger partial charge in [-0.1, -0.05) is 22.0 Å². The third-order valence-corrected chi connectivity index (χ3v) is 2.04. The maximum atomic E-state index is 12.8. The Balaban J connectivity index is 3.38. The van der Waals surface area contributed by atoms with Crippen molar-refractivity contribution in [1.29, 1.82) is 5.26 Å². The van der Waals surface area contributed by atoms with Gasteiger partial charge in [0.2, 0.25) is 0 Å². The van der Waals surface area contributed by atoms with Crippen molar-refractivity contribution in [3.05, 3.63) is 34.9 Å².